The van der Waals surface area contributed by atoms with Crippen molar-refractivity contribution in [3.05, 3.63) is 29.8 Å². The first-order valence-corrected chi connectivity index (χ1v) is 7.18. The Bertz CT molecular complexity index is 303. The lowest BCUT2D eigenvalue weighted by molar-refractivity contribution is 0.357. The smallest absolute Gasteiger partial charge is 0.0210 e. The van der Waals surface area contributed by atoms with Crippen LogP contribution in [0.3, 0.4) is 0 Å². The molecule has 0 fully saturated rings. The summed E-state index contributed by atoms with van der Waals surface area (Å²) in [6.07, 6.45) is 4.55. The third-order valence-electron chi connectivity index (χ3n) is 2.81. The fourth-order valence-electron chi connectivity index (χ4n) is 1.80. The third kappa shape index (κ3) is 4.58. The summed E-state index contributed by atoms with van der Waals surface area (Å²) in [6.45, 7) is 7.73. The van der Waals surface area contributed by atoms with E-state index in [9.17, 15) is 0 Å². The quantitative estimate of drug-likeness (QED) is 0.748. The summed E-state index contributed by atoms with van der Waals surface area (Å²) in [4.78, 5) is 1.33. The molecule has 0 aliphatic rings. The molecule has 0 radical (unpaired) electrons. The van der Waals surface area contributed by atoms with Crippen LogP contribution in [0, 0.1) is 0 Å². The van der Waals surface area contributed by atoms with Gasteiger partial charge < -0.3 is 5.32 Å². The van der Waals surface area contributed by atoms with Crippen molar-refractivity contribution in [1.29, 1.82) is 0 Å². The van der Waals surface area contributed by atoms with E-state index in [-0.39, 0.29) is 5.54 Å². The van der Waals surface area contributed by atoms with Gasteiger partial charge >= 0.3 is 0 Å². The van der Waals surface area contributed by atoms with Crippen LogP contribution in [0.25, 0.3) is 0 Å². The molecule has 0 aliphatic carbocycles. The van der Waals surface area contributed by atoms with Crippen molar-refractivity contribution in [2.45, 2.75) is 50.6 Å². The van der Waals surface area contributed by atoms with Crippen molar-refractivity contribution < 1.29 is 0 Å². The highest BCUT2D eigenvalue weighted by Crippen LogP contribution is 2.16. The predicted octanol–water partition coefficient (Wildman–Crippen LogP) is 4.08. The van der Waals surface area contributed by atoms with Crippen LogP contribution in [0.15, 0.2) is 29.2 Å². The molecule has 0 atom stereocenters. The van der Waals surface area contributed by atoms with Crippen molar-refractivity contribution in [1.82, 2.24) is 5.32 Å². The molecular weight excluding hydrogens is 214 g/mol. The van der Waals surface area contributed by atoms with Crippen LogP contribution in [-0.4, -0.2) is 11.8 Å². The molecule has 90 valence electrons. The Hall–Kier alpha value is -0.470. The van der Waals surface area contributed by atoms with Gasteiger partial charge in [-0.05, 0) is 44.2 Å². The average Bonchev–Trinajstić information content (AvgIpc) is 2.27. The Balaban J connectivity index is 2.48. The molecular formula is C14H23NS. The third-order valence-corrected chi connectivity index (χ3v) is 3.55. The number of thioether (sulfide) groups is 1. The minimum absolute atomic E-state index is 0.243. The summed E-state index contributed by atoms with van der Waals surface area (Å²) in [6, 6.07) is 8.80. The SMILES string of the molecule is CCCC(C)(C)NCc1ccc(SC)cc1. The summed E-state index contributed by atoms with van der Waals surface area (Å²) in [5.74, 6) is 0. The van der Waals surface area contributed by atoms with Gasteiger partial charge in [0.15, 0.2) is 0 Å². The number of benzene rings is 1. The zero-order chi connectivity index (χ0) is 12.0. The zero-order valence-corrected chi connectivity index (χ0v) is 11.7. The van der Waals surface area contributed by atoms with E-state index in [1.807, 2.05) is 0 Å². The zero-order valence-electron chi connectivity index (χ0n) is 10.8. The van der Waals surface area contributed by atoms with Crippen LogP contribution < -0.4 is 5.32 Å². The maximum atomic E-state index is 3.61. The molecule has 1 N–H and O–H groups in total. The second-order valence-electron chi connectivity index (χ2n) is 4.84. The minimum atomic E-state index is 0.243. The van der Waals surface area contributed by atoms with Gasteiger partial charge in [0, 0.05) is 17.0 Å². The molecule has 1 nitrogen and oxygen atoms in total. The maximum Gasteiger partial charge on any atom is 0.0210 e. The molecule has 0 unspecified atom stereocenters. The van der Waals surface area contributed by atoms with Gasteiger partial charge in [0.2, 0.25) is 0 Å². The van der Waals surface area contributed by atoms with Crippen molar-refractivity contribution >= 4 is 11.8 Å². The number of nitrogens with one attached hydrogen (secondary N) is 1. The molecule has 0 aromatic heterocycles. The topological polar surface area (TPSA) is 12.0 Å². The molecule has 16 heavy (non-hydrogen) atoms. The van der Waals surface area contributed by atoms with Gasteiger partial charge in [-0.2, -0.15) is 0 Å². The molecule has 0 bridgehead atoms. The second-order valence-corrected chi connectivity index (χ2v) is 5.72. The van der Waals surface area contributed by atoms with Crippen LogP contribution in [0.4, 0.5) is 0 Å². The molecule has 0 aliphatic heterocycles. The Labute approximate surface area is 104 Å². The summed E-state index contributed by atoms with van der Waals surface area (Å²) < 4.78 is 0. The van der Waals surface area contributed by atoms with Crippen molar-refractivity contribution in [3.63, 3.8) is 0 Å². The highest BCUT2D eigenvalue weighted by Gasteiger charge is 2.14. The van der Waals surface area contributed by atoms with Gasteiger partial charge in [-0.1, -0.05) is 25.5 Å². The first-order chi connectivity index (χ1) is 7.57. The van der Waals surface area contributed by atoms with E-state index in [0.29, 0.717) is 0 Å². The Morgan fingerprint density at radius 2 is 1.81 bits per heavy atom. The minimum Gasteiger partial charge on any atom is -0.308 e. The van der Waals surface area contributed by atoms with E-state index in [1.54, 1.807) is 11.8 Å². The van der Waals surface area contributed by atoms with Crippen molar-refractivity contribution in [2.24, 2.45) is 0 Å². The van der Waals surface area contributed by atoms with Crippen LogP contribution in [0.2, 0.25) is 0 Å². The highest BCUT2D eigenvalue weighted by molar-refractivity contribution is 7.98. The lowest BCUT2D eigenvalue weighted by atomic mass is 9.98. The van der Waals surface area contributed by atoms with Gasteiger partial charge in [-0.15, -0.1) is 11.8 Å². The predicted molar refractivity (Wildman–Crippen MR) is 74.0 cm³/mol. The lowest BCUT2D eigenvalue weighted by Gasteiger charge is -2.26. The van der Waals surface area contributed by atoms with Crippen LogP contribution in [0.1, 0.15) is 39.2 Å². The maximum absolute atomic E-state index is 3.61. The van der Waals surface area contributed by atoms with Crippen LogP contribution >= 0.6 is 11.8 Å². The first-order valence-electron chi connectivity index (χ1n) is 5.95. The Morgan fingerprint density at radius 1 is 1.19 bits per heavy atom. The Morgan fingerprint density at radius 3 is 2.31 bits per heavy atom. The number of hydrogen-bond acceptors (Lipinski definition) is 2. The number of rotatable bonds is 6. The normalized spacial score (nSPS) is 11.8. The fourth-order valence-corrected chi connectivity index (χ4v) is 2.21. The Kier molecular flexibility index (Phi) is 5.36. The fraction of sp³-hybridized carbons (Fsp3) is 0.571. The van der Waals surface area contributed by atoms with E-state index < -0.39 is 0 Å². The van der Waals surface area contributed by atoms with Gasteiger partial charge in [0.05, 0.1) is 0 Å². The molecule has 1 rings (SSSR count). The van der Waals surface area contributed by atoms with Crippen molar-refractivity contribution in [2.75, 3.05) is 6.26 Å². The molecule has 0 saturated carbocycles. The average molecular weight is 237 g/mol. The summed E-state index contributed by atoms with van der Waals surface area (Å²) in [5, 5.41) is 3.61. The summed E-state index contributed by atoms with van der Waals surface area (Å²) >= 11 is 1.79. The molecule has 1 aromatic carbocycles. The molecule has 0 saturated heterocycles. The summed E-state index contributed by atoms with van der Waals surface area (Å²) in [5.41, 5.74) is 1.61. The lowest BCUT2D eigenvalue weighted by Crippen LogP contribution is -2.38. The molecule has 1 aromatic rings. The van der Waals surface area contributed by atoms with Gasteiger partial charge in [-0.25, -0.2) is 0 Å². The van der Waals surface area contributed by atoms with E-state index in [0.717, 1.165) is 6.54 Å². The van der Waals surface area contributed by atoms with E-state index in [1.165, 1.54) is 23.3 Å². The summed E-state index contributed by atoms with van der Waals surface area (Å²) in [7, 11) is 0. The van der Waals surface area contributed by atoms with Gasteiger partial charge in [0.25, 0.3) is 0 Å². The monoisotopic (exact) mass is 237 g/mol. The van der Waals surface area contributed by atoms with E-state index in [4.69, 9.17) is 0 Å². The van der Waals surface area contributed by atoms with E-state index in [2.05, 4.69) is 56.6 Å². The van der Waals surface area contributed by atoms with Gasteiger partial charge in [0.1, 0.15) is 0 Å². The molecule has 0 heterocycles. The van der Waals surface area contributed by atoms with Crippen LogP contribution in [-0.2, 0) is 6.54 Å². The number of hydrogen-bond donors (Lipinski definition) is 1. The van der Waals surface area contributed by atoms with Crippen molar-refractivity contribution in [3.8, 4) is 0 Å². The van der Waals surface area contributed by atoms with Gasteiger partial charge in [-0.3, -0.25) is 0 Å². The largest absolute Gasteiger partial charge is 0.308 e. The molecule has 0 amide bonds. The van der Waals surface area contributed by atoms with Crippen LogP contribution in [0.5, 0.6) is 0 Å². The highest BCUT2D eigenvalue weighted by atomic mass is 32.2. The molecule has 2 heteroatoms. The second kappa shape index (κ2) is 6.31. The van der Waals surface area contributed by atoms with E-state index >= 15 is 0 Å². The standard InChI is InChI=1S/C14H23NS/c1-5-10-14(2,3)15-11-12-6-8-13(16-4)9-7-12/h6-9,15H,5,10-11H2,1-4H3. The first kappa shape index (κ1) is 13.6. The molecule has 0 spiro atoms.